The van der Waals surface area contributed by atoms with Gasteiger partial charge in [0.1, 0.15) is 46.4 Å². The number of pyridine rings is 1. The van der Waals surface area contributed by atoms with E-state index >= 15 is 13.6 Å². The number of ether oxygens (including phenoxy) is 2. The largest absolute Gasteiger partial charge is 0.497 e. The summed E-state index contributed by atoms with van der Waals surface area (Å²) in [5.41, 5.74) is -4.17. The van der Waals surface area contributed by atoms with Crippen LogP contribution in [0.25, 0.3) is 10.8 Å². The molecule has 3 N–H and O–H groups in total. The Hall–Kier alpha value is -4.61. The van der Waals surface area contributed by atoms with Crippen molar-refractivity contribution in [2.24, 2.45) is 17.8 Å². The first-order valence-corrected chi connectivity index (χ1v) is 21.0. The predicted octanol–water partition coefficient (Wildman–Crippen LogP) is 5.21. The maximum atomic E-state index is 15.3. The van der Waals surface area contributed by atoms with Crippen molar-refractivity contribution in [2.75, 3.05) is 20.3 Å². The predicted molar refractivity (Wildman–Crippen MR) is 206 cm³/mol. The van der Waals surface area contributed by atoms with Crippen molar-refractivity contribution in [3.05, 3.63) is 42.6 Å². The summed E-state index contributed by atoms with van der Waals surface area (Å²) in [5.74, 6) is -7.31. The number of fused-ring (bicyclic) bond motifs is 3. The SMILES string of the molecule is COc1ccc2c(O[C@@H]3C[C@H]4C(=O)N[C@]5(C(=O)NS(=O)(=O)C6(CF)CC6)C[C@H]5C=CCC[C@H](C)C[C@@H](C)[C@H](N(C(=O)O)C(C)(C)C(C)(F)F)C(=O)N4C3)nccc2c1. The molecule has 58 heavy (non-hydrogen) atoms. The van der Waals surface area contributed by atoms with Gasteiger partial charge in [0.25, 0.3) is 11.8 Å². The Kier molecular flexibility index (Phi) is 11.5. The van der Waals surface area contributed by atoms with Crippen molar-refractivity contribution in [3.8, 4) is 11.6 Å². The summed E-state index contributed by atoms with van der Waals surface area (Å²) < 4.78 is 82.9. The molecule has 318 valence electrons. The highest BCUT2D eigenvalue weighted by Gasteiger charge is 2.64. The smallest absolute Gasteiger partial charge is 0.408 e. The van der Waals surface area contributed by atoms with E-state index in [4.69, 9.17) is 9.47 Å². The van der Waals surface area contributed by atoms with E-state index in [1.54, 1.807) is 43.3 Å². The Morgan fingerprint density at radius 3 is 2.47 bits per heavy atom. The van der Waals surface area contributed by atoms with Gasteiger partial charge < -0.3 is 24.8 Å². The molecule has 3 heterocycles. The van der Waals surface area contributed by atoms with Crippen LogP contribution < -0.4 is 19.5 Å². The van der Waals surface area contributed by atoms with E-state index in [0.29, 0.717) is 41.2 Å². The third-order valence-corrected chi connectivity index (χ3v) is 14.7. The summed E-state index contributed by atoms with van der Waals surface area (Å²) in [6.45, 7) is 4.71. The Morgan fingerprint density at radius 2 is 1.84 bits per heavy atom. The van der Waals surface area contributed by atoms with Gasteiger partial charge in [-0.3, -0.25) is 24.0 Å². The van der Waals surface area contributed by atoms with E-state index in [1.807, 2.05) is 11.6 Å². The lowest BCUT2D eigenvalue weighted by Crippen LogP contribution is -2.66. The molecule has 4 amide bonds. The van der Waals surface area contributed by atoms with E-state index in [-0.39, 0.29) is 50.4 Å². The second-order valence-electron chi connectivity index (χ2n) is 17.1. The molecular weight excluding hydrogens is 784 g/mol. The van der Waals surface area contributed by atoms with E-state index < -0.39 is 92.3 Å². The lowest BCUT2D eigenvalue weighted by Gasteiger charge is -2.47. The van der Waals surface area contributed by atoms with Crippen molar-refractivity contribution in [2.45, 2.75) is 119 Å². The molecule has 0 bridgehead atoms. The van der Waals surface area contributed by atoms with Crippen LogP contribution in [0.4, 0.5) is 18.0 Å². The van der Waals surface area contributed by atoms with Crippen molar-refractivity contribution < 1.29 is 55.3 Å². The molecule has 2 saturated carbocycles. The summed E-state index contributed by atoms with van der Waals surface area (Å²) in [7, 11) is -2.95. The van der Waals surface area contributed by atoms with Crippen LogP contribution in [0.5, 0.6) is 11.6 Å². The second kappa shape index (κ2) is 15.5. The van der Waals surface area contributed by atoms with Crippen LogP contribution >= 0.6 is 0 Å². The molecule has 2 aliphatic heterocycles. The number of hydrogen-bond donors (Lipinski definition) is 3. The number of nitrogens with zero attached hydrogens (tertiary/aromatic N) is 3. The van der Waals surface area contributed by atoms with Crippen LogP contribution in [0, 0.1) is 17.8 Å². The zero-order valence-corrected chi connectivity index (χ0v) is 34.3. The van der Waals surface area contributed by atoms with Crippen molar-refractivity contribution in [1.29, 1.82) is 0 Å². The fourth-order valence-electron chi connectivity index (χ4n) is 8.32. The van der Waals surface area contributed by atoms with E-state index in [2.05, 4.69) is 10.3 Å². The van der Waals surface area contributed by atoms with Gasteiger partial charge in [0.15, 0.2) is 0 Å². The number of hydrogen-bond acceptors (Lipinski definition) is 9. The lowest BCUT2D eigenvalue weighted by molar-refractivity contribution is -0.156. The molecule has 4 aliphatic rings. The normalized spacial score (nSPS) is 28.9. The van der Waals surface area contributed by atoms with E-state index in [9.17, 15) is 32.3 Å². The number of amides is 4. The fraction of sp³-hybridized carbons (Fsp3) is 0.625. The molecule has 0 spiro atoms. The summed E-state index contributed by atoms with van der Waals surface area (Å²) in [4.78, 5) is 62.6. The van der Waals surface area contributed by atoms with Crippen LogP contribution in [-0.2, 0) is 24.4 Å². The molecule has 7 atom stereocenters. The van der Waals surface area contributed by atoms with Crippen molar-refractivity contribution >= 4 is 44.6 Å². The summed E-state index contributed by atoms with van der Waals surface area (Å²) >= 11 is 0. The molecule has 1 aromatic heterocycles. The van der Waals surface area contributed by atoms with Gasteiger partial charge in [0.05, 0.1) is 13.7 Å². The first-order valence-electron chi connectivity index (χ1n) is 19.5. The highest BCUT2D eigenvalue weighted by Crippen LogP contribution is 2.48. The van der Waals surface area contributed by atoms with E-state index in [0.717, 1.165) is 18.7 Å². The molecule has 2 aromatic rings. The molecule has 0 radical (unpaired) electrons. The average molecular weight is 836 g/mol. The van der Waals surface area contributed by atoms with Crippen LogP contribution in [-0.4, -0.2) is 112 Å². The highest BCUT2D eigenvalue weighted by molar-refractivity contribution is 7.91. The van der Waals surface area contributed by atoms with Gasteiger partial charge in [-0.05, 0) is 93.9 Å². The topological polar surface area (TPSA) is 185 Å². The third kappa shape index (κ3) is 7.92. The van der Waals surface area contributed by atoms with Crippen molar-refractivity contribution in [3.63, 3.8) is 0 Å². The minimum absolute atomic E-state index is 0.00494. The average Bonchev–Trinajstić information content (AvgIpc) is 4.05. The molecule has 14 nitrogen and oxygen atoms in total. The molecular formula is C40H52F3N5O9S. The first-order chi connectivity index (χ1) is 27.1. The zero-order valence-electron chi connectivity index (χ0n) is 33.5. The Labute approximate surface area is 335 Å². The highest BCUT2D eigenvalue weighted by atomic mass is 32.2. The number of aromatic nitrogens is 1. The number of rotatable bonds is 10. The van der Waals surface area contributed by atoms with E-state index in [1.165, 1.54) is 13.3 Å². The van der Waals surface area contributed by atoms with Gasteiger partial charge in [-0.2, -0.15) is 0 Å². The van der Waals surface area contributed by atoms with Crippen molar-refractivity contribution in [1.82, 2.24) is 24.8 Å². The summed E-state index contributed by atoms with van der Waals surface area (Å²) in [5, 5.41) is 14.6. The standard InChI is InChI=1S/C40H52F3N5O9S/c1-23-9-7-8-10-26-20-40(26,35(51)46-58(54,55)39(22-41)14-15-39)45-32(49)30-19-28(57-33-29-12-11-27(56-6)18-25(29)13-16-44-33)21-47(30)34(50)31(24(2)17-23)48(36(52)53)37(3,4)38(5,42)43/h8,10-13,16,18,23-24,26,28,30-31H,7,9,14-15,17,19-22H2,1-6H3,(H,45,49)(H,46,51)(H,52,53)/t23-,24+,26+,28+,30-,31-,40+/m0/s1. The number of nitrogens with one attached hydrogen (secondary N) is 2. The minimum atomic E-state index is -4.47. The Bertz CT molecular complexity index is 2090. The number of halogens is 3. The number of carbonyl (C=O) groups is 4. The maximum absolute atomic E-state index is 15.3. The molecule has 1 saturated heterocycles. The van der Waals surface area contributed by atoms with Gasteiger partial charge in [0, 0.05) is 30.8 Å². The number of methoxy groups -OCH3 is 1. The molecule has 1 aromatic carbocycles. The van der Waals surface area contributed by atoms with Crippen LogP contribution in [0.15, 0.2) is 42.6 Å². The number of sulfonamides is 1. The lowest BCUT2D eigenvalue weighted by atomic mass is 9.84. The van der Waals surface area contributed by atoms with Gasteiger partial charge in [0.2, 0.25) is 27.7 Å². The number of carbonyl (C=O) groups excluding carboxylic acids is 3. The monoisotopic (exact) mass is 835 g/mol. The summed E-state index contributed by atoms with van der Waals surface area (Å²) in [6.07, 6.45) is 3.48. The molecule has 3 fully saturated rings. The quantitative estimate of drug-likeness (QED) is 0.269. The maximum Gasteiger partial charge on any atom is 0.408 e. The van der Waals surface area contributed by atoms with Gasteiger partial charge in [-0.1, -0.05) is 26.0 Å². The number of carboxylic acid groups (broad SMARTS) is 1. The molecule has 18 heteroatoms. The zero-order chi connectivity index (χ0) is 42.6. The number of allylic oxidation sites excluding steroid dienone is 1. The molecule has 0 unspecified atom stereocenters. The third-order valence-electron chi connectivity index (χ3n) is 12.6. The van der Waals surface area contributed by atoms with Crippen LogP contribution in [0.1, 0.15) is 79.6 Å². The molecule has 2 aliphatic carbocycles. The Balaban J connectivity index is 1.42. The molecule has 6 rings (SSSR count). The number of alkyl halides is 3. The van der Waals surface area contributed by atoms with Crippen LogP contribution in [0.2, 0.25) is 0 Å². The fourth-order valence-corrected chi connectivity index (χ4v) is 9.75. The Morgan fingerprint density at radius 1 is 1.14 bits per heavy atom. The first kappa shape index (κ1) is 43.0. The van der Waals surface area contributed by atoms with Crippen LogP contribution in [0.3, 0.4) is 0 Å². The van der Waals surface area contributed by atoms with Gasteiger partial charge in [-0.15, -0.1) is 0 Å². The summed E-state index contributed by atoms with van der Waals surface area (Å²) in [6, 6.07) is 3.81. The second-order valence-corrected chi connectivity index (χ2v) is 19.2. The number of benzene rings is 1. The minimum Gasteiger partial charge on any atom is -0.497 e. The van der Waals surface area contributed by atoms with Gasteiger partial charge >= 0.3 is 6.09 Å². The van der Waals surface area contributed by atoms with Gasteiger partial charge in [-0.25, -0.2) is 31.4 Å².